The molecular formula is C24H33N3O3S. The monoisotopic (exact) mass is 443 g/mol. The molecule has 6 nitrogen and oxygen atoms in total. The van der Waals surface area contributed by atoms with Crippen molar-refractivity contribution in [3.05, 3.63) is 59.2 Å². The number of nitrogens with one attached hydrogen (secondary N) is 1. The lowest BCUT2D eigenvalue weighted by Crippen LogP contribution is -2.41. The fourth-order valence-corrected chi connectivity index (χ4v) is 4.92. The van der Waals surface area contributed by atoms with Crippen LogP contribution in [-0.4, -0.2) is 40.2 Å². The molecule has 1 atom stereocenters. The van der Waals surface area contributed by atoms with Gasteiger partial charge in [-0.05, 0) is 74.9 Å². The lowest BCUT2D eigenvalue weighted by molar-refractivity contribution is -0.120. The molecule has 0 saturated carbocycles. The number of rotatable bonds is 7. The average Bonchev–Trinajstić information content (AvgIpc) is 2.74. The topological polar surface area (TPSA) is 69.7 Å². The second kappa shape index (κ2) is 9.73. The Labute approximate surface area is 186 Å². The normalized spacial score (nSPS) is 15.4. The summed E-state index contributed by atoms with van der Waals surface area (Å²) in [5.74, 6) is -0.334. The summed E-state index contributed by atoms with van der Waals surface area (Å²) in [6, 6.07) is 13.5. The third-order valence-corrected chi connectivity index (χ3v) is 7.15. The summed E-state index contributed by atoms with van der Waals surface area (Å²) in [4.78, 5) is 15.1. The summed E-state index contributed by atoms with van der Waals surface area (Å²) in [7, 11) is -3.60. The molecule has 1 aliphatic rings. The van der Waals surface area contributed by atoms with Crippen LogP contribution in [0.1, 0.15) is 48.9 Å². The van der Waals surface area contributed by atoms with Gasteiger partial charge in [-0.2, -0.15) is 0 Å². The molecule has 31 heavy (non-hydrogen) atoms. The molecule has 1 amide bonds. The smallest absolute Gasteiger partial charge is 0.241 e. The van der Waals surface area contributed by atoms with Gasteiger partial charge in [0.25, 0.3) is 0 Å². The van der Waals surface area contributed by atoms with Gasteiger partial charge in [-0.25, -0.2) is 8.42 Å². The molecule has 0 bridgehead atoms. The largest absolute Gasteiger partial charge is 0.372 e. The second-order valence-electron chi connectivity index (χ2n) is 8.42. The number of sulfonamides is 1. The predicted octanol–water partition coefficient (Wildman–Crippen LogP) is 3.94. The molecule has 168 valence electrons. The molecule has 2 aromatic carbocycles. The summed E-state index contributed by atoms with van der Waals surface area (Å²) >= 11 is 0. The zero-order valence-electron chi connectivity index (χ0n) is 18.9. The van der Waals surface area contributed by atoms with Gasteiger partial charge in [0.2, 0.25) is 15.9 Å². The van der Waals surface area contributed by atoms with E-state index in [1.165, 1.54) is 29.3 Å². The molecule has 1 N–H and O–H groups in total. The standard InChI is InChI=1S/C24H33N3O3S/c1-18-9-8-10-23(19(18)2)27(31(4,29)30)17-24(28)25-20(3)21-11-13-22(14-12-21)26-15-6-5-7-16-26/h8-14,20H,5-7,15-17H2,1-4H3,(H,25,28). The van der Waals surface area contributed by atoms with Crippen LogP contribution in [0.5, 0.6) is 0 Å². The van der Waals surface area contributed by atoms with Crippen molar-refractivity contribution in [1.82, 2.24) is 5.32 Å². The minimum Gasteiger partial charge on any atom is -0.372 e. The highest BCUT2D eigenvalue weighted by Crippen LogP contribution is 2.25. The van der Waals surface area contributed by atoms with Crippen LogP contribution in [0.25, 0.3) is 0 Å². The Bertz CT molecular complexity index is 1010. The van der Waals surface area contributed by atoms with E-state index in [4.69, 9.17) is 0 Å². The number of anilines is 2. The SMILES string of the molecule is Cc1cccc(N(CC(=O)NC(C)c2ccc(N3CCCCC3)cc2)S(C)(=O)=O)c1C. The Morgan fingerprint density at radius 3 is 2.32 bits per heavy atom. The predicted molar refractivity (Wildman–Crippen MR) is 127 cm³/mol. The van der Waals surface area contributed by atoms with Crippen LogP contribution in [0.4, 0.5) is 11.4 Å². The first kappa shape index (κ1) is 23.1. The Kier molecular flexibility index (Phi) is 7.26. The molecule has 1 aliphatic heterocycles. The Hall–Kier alpha value is -2.54. The van der Waals surface area contributed by atoms with E-state index in [0.29, 0.717) is 5.69 Å². The van der Waals surface area contributed by atoms with Crippen LogP contribution in [0.2, 0.25) is 0 Å². The second-order valence-corrected chi connectivity index (χ2v) is 10.3. The van der Waals surface area contributed by atoms with E-state index in [1.54, 1.807) is 12.1 Å². The molecule has 1 heterocycles. The molecule has 2 aromatic rings. The zero-order valence-corrected chi connectivity index (χ0v) is 19.7. The Morgan fingerprint density at radius 2 is 1.71 bits per heavy atom. The molecule has 1 unspecified atom stereocenters. The summed E-state index contributed by atoms with van der Waals surface area (Å²) in [6.45, 7) is 7.63. The molecule has 3 rings (SSSR count). The van der Waals surface area contributed by atoms with Crippen molar-refractivity contribution in [2.45, 2.75) is 46.1 Å². The number of carbonyl (C=O) groups is 1. The first-order chi connectivity index (χ1) is 14.7. The van der Waals surface area contributed by atoms with Crippen LogP contribution in [0, 0.1) is 13.8 Å². The molecule has 0 aromatic heterocycles. The maximum absolute atomic E-state index is 12.7. The summed E-state index contributed by atoms with van der Waals surface area (Å²) in [5, 5.41) is 2.94. The number of benzene rings is 2. The molecule has 7 heteroatoms. The minimum atomic E-state index is -3.60. The van der Waals surface area contributed by atoms with Crippen molar-refractivity contribution in [1.29, 1.82) is 0 Å². The van der Waals surface area contributed by atoms with Crippen molar-refractivity contribution in [3.8, 4) is 0 Å². The third kappa shape index (κ3) is 5.79. The molecule has 0 radical (unpaired) electrons. The summed E-state index contributed by atoms with van der Waals surface area (Å²) < 4.78 is 26.0. The van der Waals surface area contributed by atoms with Crippen LogP contribution in [0.15, 0.2) is 42.5 Å². The van der Waals surface area contributed by atoms with E-state index in [1.807, 2.05) is 39.0 Å². The van der Waals surface area contributed by atoms with Crippen molar-refractivity contribution in [2.24, 2.45) is 0 Å². The van der Waals surface area contributed by atoms with E-state index in [-0.39, 0.29) is 18.5 Å². The van der Waals surface area contributed by atoms with Gasteiger partial charge in [0, 0.05) is 18.8 Å². The van der Waals surface area contributed by atoms with E-state index >= 15 is 0 Å². The van der Waals surface area contributed by atoms with Gasteiger partial charge in [-0.1, -0.05) is 24.3 Å². The molecule has 0 aliphatic carbocycles. The van der Waals surface area contributed by atoms with Gasteiger partial charge in [0.15, 0.2) is 0 Å². The number of amides is 1. The molecule has 0 spiro atoms. The average molecular weight is 444 g/mol. The number of aryl methyl sites for hydroxylation is 1. The van der Waals surface area contributed by atoms with E-state index in [9.17, 15) is 13.2 Å². The fraction of sp³-hybridized carbons (Fsp3) is 0.458. The molecule has 1 saturated heterocycles. The first-order valence-electron chi connectivity index (χ1n) is 10.8. The van der Waals surface area contributed by atoms with Gasteiger partial charge in [-0.15, -0.1) is 0 Å². The zero-order chi connectivity index (χ0) is 22.6. The Morgan fingerprint density at radius 1 is 1.06 bits per heavy atom. The van der Waals surface area contributed by atoms with Crippen LogP contribution in [0.3, 0.4) is 0 Å². The highest BCUT2D eigenvalue weighted by molar-refractivity contribution is 7.92. The third-order valence-electron chi connectivity index (χ3n) is 6.02. The van der Waals surface area contributed by atoms with Gasteiger partial charge in [0.1, 0.15) is 6.54 Å². The van der Waals surface area contributed by atoms with Crippen molar-refractivity contribution in [3.63, 3.8) is 0 Å². The number of hydrogen-bond acceptors (Lipinski definition) is 4. The van der Waals surface area contributed by atoms with Crippen molar-refractivity contribution < 1.29 is 13.2 Å². The maximum Gasteiger partial charge on any atom is 0.241 e. The van der Waals surface area contributed by atoms with E-state index in [0.717, 1.165) is 36.0 Å². The van der Waals surface area contributed by atoms with Crippen molar-refractivity contribution in [2.75, 3.05) is 35.1 Å². The van der Waals surface area contributed by atoms with Gasteiger partial charge in [-0.3, -0.25) is 9.10 Å². The molecular weight excluding hydrogens is 410 g/mol. The number of piperidine rings is 1. The lowest BCUT2D eigenvalue weighted by Gasteiger charge is -2.29. The first-order valence-corrected chi connectivity index (χ1v) is 12.7. The Balaban J connectivity index is 1.68. The quantitative estimate of drug-likeness (QED) is 0.704. The summed E-state index contributed by atoms with van der Waals surface area (Å²) in [6.07, 6.45) is 4.88. The summed E-state index contributed by atoms with van der Waals surface area (Å²) in [5.41, 5.74) is 4.57. The molecule has 1 fully saturated rings. The van der Waals surface area contributed by atoms with Gasteiger partial charge in [0.05, 0.1) is 18.0 Å². The minimum absolute atomic E-state index is 0.220. The highest BCUT2D eigenvalue weighted by Gasteiger charge is 2.23. The van der Waals surface area contributed by atoms with Crippen LogP contribution >= 0.6 is 0 Å². The van der Waals surface area contributed by atoms with Crippen molar-refractivity contribution >= 4 is 27.3 Å². The number of carbonyl (C=O) groups excluding carboxylic acids is 1. The van der Waals surface area contributed by atoms with Gasteiger partial charge < -0.3 is 10.2 Å². The highest BCUT2D eigenvalue weighted by atomic mass is 32.2. The maximum atomic E-state index is 12.7. The van der Waals surface area contributed by atoms with Crippen LogP contribution < -0.4 is 14.5 Å². The number of hydrogen-bond donors (Lipinski definition) is 1. The van der Waals surface area contributed by atoms with E-state index in [2.05, 4.69) is 22.3 Å². The van der Waals surface area contributed by atoms with Crippen LogP contribution in [-0.2, 0) is 14.8 Å². The lowest BCUT2D eigenvalue weighted by atomic mass is 10.1. The van der Waals surface area contributed by atoms with E-state index < -0.39 is 10.0 Å². The fourth-order valence-electron chi connectivity index (χ4n) is 4.01. The number of nitrogens with zero attached hydrogens (tertiary/aromatic N) is 2. The van der Waals surface area contributed by atoms with Gasteiger partial charge >= 0.3 is 0 Å².